The lowest BCUT2D eigenvalue weighted by Gasteiger charge is -2.24. The van der Waals surface area contributed by atoms with Crippen LogP contribution < -0.4 is 5.32 Å². The van der Waals surface area contributed by atoms with E-state index in [9.17, 15) is 4.79 Å². The Morgan fingerprint density at radius 2 is 2.33 bits per heavy atom. The van der Waals surface area contributed by atoms with Crippen LogP contribution in [0.4, 0.5) is 0 Å². The summed E-state index contributed by atoms with van der Waals surface area (Å²) in [5, 5.41) is 3.27. The van der Waals surface area contributed by atoms with Crippen LogP contribution in [-0.2, 0) is 16.1 Å². The Kier molecular flexibility index (Phi) is 4.78. The third kappa shape index (κ3) is 3.85. The zero-order valence-corrected chi connectivity index (χ0v) is 10.7. The largest absolute Gasteiger partial charge is 0.472 e. The summed E-state index contributed by atoms with van der Waals surface area (Å²) in [7, 11) is 1.78. The van der Waals surface area contributed by atoms with Gasteiger partial charge in [0.15, 0.2) is 0 Å². The predicted octanol–water partition coefficient (Wildman–Crippen LogP) is 1.01. The molecule has 18 heavy (non-hydrogen) atoms. The molecule has 0 saturated carbocycles. The zero-order valence-electron chi connectivity index (χ0n) is 10.7. The van der Waals surface area contributed by atoms with Gasteiger partial charge in [0.25, 0.3) is 0 Å². The Bertz CT molecular complexity index is 358. The first-order valence-electron chi connectivity index (χ1n) is 6.33. The van der Waals surface area contributed by atoms with Crippen LogP contribution in [0.1, 0.15) is 18.4 Å². The van der Waals surface area contributed by atoms with Crippen LogP contribution in [0.3, 0.4) is 0 Å². The van der Waals surface area contributed by atoms with Gasteiger partial charge in [0.2, 0.25) is 5.91 Å². The second-order valence-corrected chi connectivity index (χ2v) is 4.64. The van der Waals surface area contributed by atoms with Gasteiger partial charge in [0.05, 0.1) is 18.6 Å². The van der Waals surface area contributed by atoms with Gasteiger partial charge in [-0.05, 0) is 32.0 Å². The molecule has 0 radical (unpaired) electrons. The van der Waals surface area contributed by atoms with Crippen LogP contribution in [0.25, 0.3) is 0 Å². The first kappa shape index (κ1) is 13.1. The quantitative estimate of drug-likeness (QED) is 0.849. The number of hydrogen-bond acceptors (Lipinski definition) is 4. The van der Waals surface area contributed by atoms with Gasteiger partial charge in [0.1, 0.15) is 6.61 Å². The Hall–Kier alpha value is -1.33. The van der Waals surface area contributed by atoms with Crippen LogP contribution in [0.5, 0.6) is 0 Å². The summed E-state index contributed by atoms with van der Waals surface area (Å²) in [6, 6.07) is 1.86. The minimum Gasteiger partial charge on any atom is -0.472 e. The smallest absolute Gasteiger partial charge is 0.248 e. The summed E-state index contributed by atoms with van der Waals surface area (Å²) >= 11 is 0. The Balaban J connectivity index is 1.70. The summed E-state index contributed by atoms with van der Waals surface area (Å²) in [5.74, 6) is 0.00901. The maximum Gasteiger partial charge on any atom is 0.248 e. The fraction of sp³-hybridized carbons (Fsp3) is 0.615. The highest BCUT2D eigenvalue weighted by Crippen LogP contribution is 2.08. The summed E-state index contributed by atoms with van der Waals surface area (Å²) in [6.45, 7) is 2.68. The van der Waals surface area contributed by atoms with Crippen molar-refractivity contribution in [1.82, 2.24) is 10.2 Å². The molecule has 100 valence electrons. The first-order valence-corrected chi connectivity index (χ1v) is 6.33. The number of piperidine rings is 1. The van der Waals surface area contributed by atoms with Gasteiger partial charge in [-0.2, -0.15) is 0 Å². The highest BCUT2D eigenvalue weighted by atomic mass is 16.5. The molecular formula is C13H20N2O3. The van der Waals surface area contributed by atoms with Crippen LogP contribution in [0, 0.1) is 0 Å². The van der Waals surface area contributed by atoms with Crippen molar-refractivity contribution in [2.45, 2.75) is 25.5 Å². The average molecular weight is 252 g/mol. The molecule has 0 unspecified atom stereocenters. The van der Waals surface area contributed by atoms with E-state index in [0.717, 1.165) is 31.5 Å². The van der Waals surface area contributed by atoms with E-state index in [2.05, 4.69) is 5.32 Å². The van der Waals surface area contributed by atoms with E-state index in [0.29, 0.717) is 6.54 Å². The molecule has 1 aliphatic heterocycles. The minimum atomic E-state index is 0.00901. The highest BCUT2D eigenvalue weighted by molar-refractivity contribution is 5.77. The molecule has 0 bridgehead atoms. The molecule has 5 nitrogen and oxygen atoms in total. The third-order valence-corrected chi connectivity index (χ3v) is 3.15. The van der Waals surface area contributed by atoms with Gasteiger partial charge < -0.3 is 19.4 Å². The normalized spacial score (nSPS) is 16.7. The summed E-state index contributed by atoms with van der Waals surface area (Å²) in [6.07, 6.45) is 5.45. The maximum absolute atomic E-state index is 11.9. The van der Waals surface area contributed by atoms with E-state index in [1.54, 1.807) is 24.5 Å². The molecule has 1 amide bonds. The number of ether oxygens (including phenoxy) is 1. The number of hydrogen-bond donors (Lipinski definition) is 1. The molecule has 2 rings (SSSR count). The summed E-state index contributed by atoms with van der Waals surface area (Å²) in [5.41, 5.74) is 0.993. The fourth-order valence-corrected chi connectivity index (χ4v) is 2.01. The minimum absolute atomic E-state index is 0.00901. The van der Waals surface area contributed by atoms with E-state index < -0.39 is 0 Å². The second-order valence-electron chi connectivity index (χ2n) is 4.64. The van der Waals surface area contributed by atoms with Crippen molar-refractivity contribution in [2.75, 3.05) is 26.7 Å². The molecule has 1 aliphatic rings. The van der Waals surface area contributed by atoms with Crippen molar-refractivity contribution in [3.8, 4) is 0 Å². The van der Waals surface area contributed by atoms with Crippen LogP contribution in [0.2, 0.25) is 0 Å². The van der Waals surface area contributed by atoms with Gasteiger partial charge in [-0.3, -0.25) is 4.79 Å². The van der Waals surface area contributed by atoms with Crippen LogP contribution >= 0.6 is 0 Å². The van der Waals surface area contributed by atoms with Crippen molar-refractivity contribution < 1.29 is 13.9 Å². The standard InChI is InChI=1S/C13H20N2O3/c1-15(8-11-4-7-17-9-11)13(16)10-18-12-2-5-14-6-3-12/h4,7,9,12,14H,2-3,5-6,8,10H2,1H3. The van der Waals surface area contributed by atoms with E-state index in [1.807, 2.05) is 6.07 Å². The lowest BCUT2D eigenvalue weighted by molar-refractivity contribution is -0.137. The van der Waals surface area contributed by atoms with Crippen molar-refractivity contribution >= 4 is 5.91 Å². The molecule has 0 spiro atoms. The Morgan fingerprint density at radius 3 is 3.00 bits per heavy atom. The third-order valence-electron chi connectivity index (χ3n) is 3.15. The number of amides is 1. The maximum atomic E-state index is 11.9. The Labute approximate surface area is 107 Å². The number of nitrogens with one attached hydrogen (secondary N) is 1. The van der Waals surface area contributed by atoms with Crippen LogP contribution in [-0.4, -0.2) is 43.7 Å². The van der Waals surface area contributed by atoms with Crippen molar-refractivity contribution in [1.29, 1.82) is 0 Å². The van der Waals surface area contributed by atoms with E-state index >= 15 is 0 Å². The van der Waals surface area contributed by atoms with E-state index in [1.165, 1.54) is 0 Å². The highest BCUT2D eigenvalue weighted by Gasteiger charge is 2.16. The number of furan rings is 1. The van der Waals surface area contributed by atoms with Crippen molar-refractivity contribution in [3.05, 3.63) is 24.2 Å². The number of carbonyl (C=O) groups excluding carboxylic acids is 1. The van der Waals surface area contributed by atoms with Crippen molar-refractivity contribution in [2.24, 2.45) is 0 Å². The Morgan fingerprint density at radius 1 is 1.56 bits per heavy atom. The summed E-state index contributed by atoms with van der Waals surface area (Å²) in [4.78, 5) is 13.5. The van der Waals surface area contributed by atoms with Gasteiger partial charge in [-0.1, -0.05) is 0 Å². The molecule has 1 fully saturated rings. The molecule has 1 saturated heterocycles. The van der Waals surface area contributed by atoms with E-state index in [-0.39, 0.29) is 18.6 Å². The molecule has 0 aromatic carbocycles. The lowest BCUT2D eigenvalue weighted by atomic mass is 10.1. The average Bonchev–Trinajstić information content (AvgIpc) is 2.90. The molecule has 0 aliphatic carbocycles. The number of rotatable bonds is 5. The molecule has 2 heterocycles. The molecule has 5 heteroatoms. The van der Waals surface area contributed by atoms with E-state index in [4.69, 9.17) is 9.15 Å². The zero-order chi connectivity index (χ0) is 12.8. The monoisotopic (exact) mass is 252 g/mol. The topological polar surface area (TPSA) is 54.7 Å². The SMILES string of the molecule is CN(Cc1ccoc1)C(=O)COC1CCNCC1. The van der Waals surface area contributed by atoms with Crippen LogP contribution in [0.15, 0.2) is 23.0 Å². The predicted molar refractivity (Wildman–Crippen MR) is 67.0 cm³/mol. The lowest BCUT2D eigenvalue weighted by Crippen LogP contribution is -2.36. The second kappa shape index (κ2) is 6.56. The van der Waals surface area contributed by atoms with Crippen molar-refractivity contribution in [3.63, 3.8) is 0 Å². The van der Waals surface area contributed by atoms with Gasteiger partial charge in [-0.15, -0.1) is 0 Å². The number of likely N-dealkylation sites (N-methyl/N-ethyl adjacent to an activating group) is 1. The summed E-state index contributed by atoms with van der Waals surface area (Å²) < 4.78 is 10.6. The number of carbonyl (C=O) groups is 1. The number of nitrogens with zero attached hydrogens (tertiary/aromatic N) is 1. The first-order chi connectivity index (χ1) is 8.75. The molecule has 1 aromatic rings. The molecule has 1 aromatic heterocycles. The van der Waals surface area contributed by atoms with Gasteiger partial charge in [-0.25, -0.2) is 0 Å². The van der Waals surface area contributed by atoms with Gasteiger partial charge in [0, 0.05) is 19.2 Å². The fourth-order valence-electron chi connectivity index (χ4n) is 2.01. The molecule has 0 atom stereocenters. The molecule has 1 N–H and O–H groups in total. The van der Waals surface area contributed by atoms with Gasteiger partial charge >= 0.3 is 0 Å². The molecular weight excluding hydrogens is 232 g/mol.